The average Bonchev–Trinajstić information content (AvgIpc) is 2.03. The van der Waals surface area contributed by atoms with Crippen molar-refractivity contribution in [1.29, 1.82) is 0 Å². The molecule has 0 saturated carbocycles. The Morgan fingerprint density at radius 2 is 1.14 bits per heavy atom. The zero-order valence-electron chi connectivity index (χ0n) is 8.47. The van der Waals surface area contributed by atoms with E-state index in [2.05, 4.69) is 13.2 Å². The highest BCUT2D eigenvalue weighted by molar-refractivity contribution is 4.78. The van der Waals surface area contributed by atoms with Gasteiger partial charge < -0.3 is 15.3 Å². The number of aliphatic hydroxyl groups excluding tert-OH is 3. The molecule has 0 radical (unpaired) electrons. The van der Waals surface area contributed by atoms with Gasteiger partial charge in [-0.15, -0.1) is 13.2 Å². The molecule has 0 aromatic rings. The third-order valence-corrected chi connectivity index (χ3v) is 1.97. The van der Waals surface area contributed by atoms with Crippen LogP contribution in [0.1, 0.15) is 25.7 Å². The minimum Gasteiger partial charge on any atom is -0.393 e. The monoisotopic (exact) mass is 200 g/mol. The lowest BCUT2D eigenvalue weighted by atomic mass is 10.0. The van der Waals surface area contributed by atoms with Crippen LogP contribution < -0.4 is 0 Å². The Kier molecular flexibility index (Phi) is 7.38. The first kappa shape index (κ1) is 13.4. The van der Waals surface area contributed by atoms with Gasteiger partial charge in [-0.3, -0.25) is 0 Å². The molecule has 14 heavy (non-hydrogen) atoms. The van der Waals surface area contributed by atoms with Crippen molar-refractivity contribution in [3.8, 4) is 0 Å². The summed E-state index contributed by atoms with van der Waals surface area (Å²) in [4.78, 5) is 0. The van der Waals surface area contributed by atoms with Crippen LogP contribution in [0.4, 0.5) is 0 Å². The normalized spacial score (nSPS) is 15.1. The fraction of sp³-hybridized carbons (Fsp3) is 0.636. The molecule has 0 aromatic heterocycles. The summed E-state index contributed by atoms with van der Waals surface area (Å²) in [6.45, 7) is 6.99. The van der Waals surface area contributed by atoms with Crippen molar-refractivity contribution >= 4 is 0 Å². The molecule has 0 amide bonds. The molecule has 82 valence electrons. The van der Waals surface area contributed by atoms with Gasteiger partial charge in [0.2, 0.25) is 0 Å². The van der Waals surface area contributed by atoms with Gasteiger partial charge in [0.1, 0.15) is 0 Å². The SMILES string of the molecule is C=CC[C@H](O)CC(O)C[C@@H](O)CC=C. The van der Waals surface area contributed by atoms with Gasteiger partial charge in [0.25, 0.3) is 0 Å². The second-order valence-corrected chi connectivity index (χ2v) is 3.48. The van der Waals surface area contributed by atoms with Crippen LogP contribution in [0.25, 0.3) is 0 Å². The molecule has 0 fully saturated rings. The fourth-order valence-electron chi connectivity index (χ4n) is 1.30. The van der Waals surface area contributed by atoms with Crippen LogP contribution in [0, 0.1) is 0 Å². The van der Waals surface area contributed by atoms with Crippen LogP contribution in [-0.4, -0.2) is 33.6 Å². The minimum atomic E-state index is -0.667. The zero-order chi connectivity index (χ0) is 11.0. The predicted octanol–water partition coefficient (Wildman–Crippen LogP) is 1.00. The van der Waals surface area contributed by atoms with Gasteiger partial charge in [-0.25, -0.2) is 0 Å². The van der Waals surface area contributed by atoms with E-state index < -0.39 is 18.3 Å². The second kappa shape index (κ2) is 7.74. The lowest BCUT2D eigenvalue weighted by Crippen LogP contribution is -2.22. The van der Waals surface area contributed by atoms with E-state index in [1.807, 2.05) is 0 Å². The smallest absolute Gasteiger partial charge is 0.0599 e. The fourth-order valence-corrected chi connectivity index (χ4v) is 1.30. The van der Waals surface area contributed by atoms with Crippen molar-refractivity contribution in [2.45, 2.75) is 44.0 Å². The van der Waals surface area contributed by atoms with Gasteiger partial charge in [0, 0.05) is 0 Å². The highest BCUT2D eigenvalue weighted by Crippen LogP contribution is 2.10. The standard InChI is InChI=1S/C11H20O3/c1-3-5-9(12)7-11(14)8-10(13)6-4-2/h3-4,9-14H,1-2,5-8H2/t9-,10-/m0/s1. The van der Waals surface area contributed by atoms with Crippen LogP contribution in [0.5, 0.6) is 0 Å². The summed E-state index contributed by atoms with van der Waals surface area (Å²) in [5.74, 6) is 0. The number of aliphatic hydroxyl groups is 3. The maximum absolute atomic E-state index is 9.45. The van der Waals surface area contributed by atoms with E-state index in [4.69, 9.17) is 0 Å². The van der Waals surface area contributed by atoms with Gasteiger partial charge >= 0.3 is 0 Å². The van der Waals surface area contributed by atoms with Crippen LogP contribution in [0.3, 0.4) is 0 Å². The largest absolute Gasteiger partial charge is 0.393 e. The summed E-state index contributed by atoms with van der Waals surface area (Å²) in [5.41, 5.74) is 0. The molecule has 0 aromatic carbocycles. The first-order chi connectivity index (χ1) is 6.60. The molecule has 0 bridgehead atoms. The molecule has 3 heteroatoms. The Labute approximate surface area is 85.4 Å². The van der Waals surface area contributed by atoms with E-state index >= 15 is 0 Å². The van der Waals surface area contributed by atoms with Crippen molar-refractivity contribution in [2.24, 2.45) is 0 Å². The molecule has 0 aliphatic carbocycles. The maximum Gasteiger partial charge on any atom is 0.0599 e. The van der Waals surface area contributed by atoms with Gasteiger partial charge in [0.05, 0.1) is 18.3 Å². The summed E-state index contributed by atoms with van der Waals surface area (Å²) in [6, 6.07) is 0. The average molecular weight is 200 g/mol. The molecule has 2 atom stereocenters. The summed E-state index contributed by atoms with van der Waals surface area (Å²) in [7, 11) is 0. The summed E-state index contributed by atoms with van der Waals surface area (Å²) >= 11 is 0. The zero-order valence-corrected chi connectivity index (χ0v) is 8.47. The maximum atomic E-state index is 9.45. The van der Waals surface area contributed by atoms with E-state index in [1.165, 1.54) is 0 Å². The first-order valence-corrected chi connectivity index (χ1v) is 4.86. The quantitative estimate of drug-likeness (QED) is 0.512. The molecule has 0 aliphatic heterocycles. The Morgan fingerprint density at radius 1 is 0.786 bits per heavy atom. The Morgan fingerprint density at radius 3 is 1.43 bits per heavy atom. The summed E-state index contributed by atoms with van der Waals surface area (Å²) in [5, 5.41) is 28.1. The van der Waals surface area contributed by atoms with E-state index in [0.29, 0.717) is 12.8 Å². The third-order valence-electron chi connectivity index (χ3n) is 1.97. The topological polar surface area (TPSA) is 60.7 Å². The molecular formula is C11H20O3. The molecule has 0 saturated heterocycles. The van der Waals surface area contributed by atoms with Gasteiger partial charge in [-0.2, -0.15) is 0 Å². The summed E-state index contributed by atoms with van der Waals surface area (Å²) in [6.07, 6.45) is 2.90. The van der Waals surface area contributed by atoms with E-state index in [0.717, 1.165) is 0 Å². The van der Waals surface area contributed by atoms with Crippen molar-refractivity contribution in [2.75, 3.05) is 0 Å². The first-order valence-electron chi connectivity index (χ1n) is 4.86. The highest BCUT2D eigenvalue weighted by Gasteiger charge is 2.14. The Balaban J connectivity index is 3.67. The number of hydrogen-bond donors (Lipinski definition) is 3. The molecule has 3 nitrogen and oxygen atoms in total. The minimum absolute atomic E-state index is 0.278. The van der Waals surface area contributed by atoms with Gasteiger partial charge in [-0.05, 0) is 25.7 Å². The van der Waals surface area contributed by atoms with E-state index in [-0.39, 0.29) is 12.8 Å². The van der Waals surface area contributed by atoms with Crippen molar-refractivity contribution in [3.05, 3.63) is 25.3 Å². The van der Waals surface area contributed by atoms with Crippen molar-refractivity contribution < 1.29 is 15.3 Å². The van der Waals surface area contributed by atoms with Gasteiger partial charge in [-0.1, -0.05) is 12.2 Å². The molecule has 0 spiro atoms. The van der Waals surface area contributed by atoms with Crippen LogP contribution in [0.2, 0.25) is 0 Å². The van der Waals surface area contributed by atoms with Crippen molar-refractivity contribution in [1.82, 2.24) is 0 Å². The van der Waals surface area contributed by atoms with Crippen LogP contribution in [-0.2, 0) is 0 Å². The molecule has 0 unspecified atom stereocenters. The van der Waals surface area contributed by atoms with E-state index in [1.54, 1.807) is 12.2 Å². The Bertz CT molecular complexity index is 150. The van der Waals surface area contributed by atoms with Crippen LogP contribution >= 0.6 is 0 Å². The second-order valence-electron chi connectivity index (χ2n) is 3.48. The molecule has 0 aliphatic rings. The lowest BCUT2D eigenvalue weighted by Gasteiger charge is -2.16. The summed E-state index contributed by atoms with van der Waals surface area (Å²) < 4.78 is 0. The number of rotatable bonds is 8. The van der Waals surface area contributed by atoms with Gasteiger partial charge in [0.15, 0.2) is 0 Å². The Hall–Kier alpha value is -0.640. The molecule has 0 rings (SSSR count). The lowest BCUT2D eigenvalue weighted by molar-refractivity contribution is 0.0417. The number of hydrogen-bond acceptors (Lipinski definition) is 3. The third kappa shape index (κ3) is 6.83. The predicted molar refractivity (Wildman–Crippen MR) is 56.9 cm³/mol. The van der Waals surface area contributed by atoms with Crippen LogP contribution in [0.15, 0.2) is 25.3 Å². The highest BCUT2D eigenvalue weighted by atomic mass is 16.3. The van der Waals surface area contributed by atoms with E-state index in [9.17, 15) is 15.3 Å². The molecular weight excluding hydrogens is 180 g/mol. The van der Waals surface area contributed by atoms with Crippen molar-refractivity contribution in [3.63, 3.8) is 0 Å². The molecule has 3 N–H and O–H groups in total. The molecule has 0 heterocycles.